The Labute approximate surface area is 186 Å². The Kier molecular flexibility index (Phi) is 13.4. The van der Waals surface area contributed by atoms with E-state index in [4.69, 9.17) is 4.74 Å². The van der Waals surface area contributed by atoms with E-state index in [9.17, 15) is 24.9 Å². The van der Waals surface area contributed by atoms with Crippen LogP contribution < -0.4 is 5.32 Å². The van der Waals surface area contributed by atoms with E-state index >= 15 is 0 Å². The molecule has 7 nitrogen and oxygen atoms in total. The maximum atomic E-state index is 11.2. The summed E-state index contributed by atoms with van der Waals surface area (Å²) in [6, 6.07) is 0. The maximum absolute atomic E-state index is 11.2. The second-order valence-corrected chi connectivity index (χ2v) is 8.63. The first-order chi connectivity index (χ1) is 14.8. The topological polar surface area (TPSA) is 116 Å². The Morgan fingerprint density at radius 1 is 1.16 bits per heavy atom. The van der Waals surface area contributed by atoms with Gasteiger partial charge in [0.1, 0.15) is 0 Å². The Balaban J connectivity index is 2.38. The number of amides is 2. The van der Waals surface area contributed by atoms with Gasteiger partial charge in [-0.15, -0.1) is 0 Å². The first-order valence-corrected chi connectivity index (χ1v) is 11.6. The molecule has 0 spiro atoms. The van der Waals surface area contributed by atoms with Gasteiger partial charge in [-0.1, -0.05) is 51.0 Å². The maximum Gasteiger partial charge on any atom is 0.413 e. The van der Waals surface area contributed by atoms with Crippen LogP contribution in [-0.2, 0) is 9.53 Å². The SMILES string of the molecule is CCCCC(C)[C@H](O)C=C[C@@H]1[C@@H](CC=CCCCCOC(=O)NC(C)=O)[C@@H](O)C[C@H]1O. The predicted molar refractivity (Wildman–Crippen MR) is 120 cm³/mol. The quantitative estimate of drug-likeness (QED) is 0.258. The average Bonchev–Trinajstić information content (AvgIpc) is 2.97. The summed E-state index contributed by atoms with van der Waals surface area (Å²) in [5.41, 5.74) is 0. The highest BCUT2D eigenvalue weighted by Gasteiger charge is 2.39. The number of carbonyl (C=O) groups is 2. The largest absolute Gasteiger partial charge is 0.449 e. The minimum absolute atomic E-state index is 0.0701. The van der Waals surface area contributed by atoms with E-state index in [1.165, 1.54) is 6.92 Å². The summed E-state index contributed by atoms with van der Waals surface area (Å²) in [6.45, 7) is 5.67. The first kappa shape index (κ1) is 27.3. The monoisotopic (exact) mass is 439 g/mol. The van der Waals surface area contributed by atoms with Crippen LogP contribution in [0.1, 0.15) is 72.1 Å². The van der Waals surface area contributed by atoms with Crippen molar-refractivity contribution in [2.24, 2.45) is 17.8 Å². The molecule has 2 amide bonds. The zero-order chi connectivity index (χ0) is 23.2. The van der Waals surface area contributed by atoms with Crippen molar-refractivity contribution in [3.05, 3.63) is 24.3 Å². The van der Waals surface area contributed by atoms with E-state index in [-0.39, 0.29) is 24.4 Å². The molecule has 0 radical (unpaired) electrons. The standard InChI is InChI=1S/C24H41NO6/c1-4-5-11-17(2)21(27)14-13-20-19(22(28)16-23(20)29)12-9-7-6-8-10-15-31-24(30)25-18(3)26/h7,9,13-14,17,19-23,27-29H,4-6,8,10-12,15-16H2,1-3H3,(H,25,26,30)/t17?,19-,20-,21-,22+,23-/m1/s1. The number of allylic oxidation sites excluding steroid dienone is 2. The van der Waals surface area contributed by atoms with E-state index < -0.39 is 30.3 Å². The van der Waals surface area contributed by atoms with Gasteiger partial charge in [0.25, 0.3) is 0 Å². The third-order valence-corrected chi connectivity index (χ3v) is 5.89. The molecule has 0 heterocycles. The number of alkyl carbamates (subject to hydrolysis) is 1. The van der Waals surface area contributed by atoms with E-state index in [1.807, 2.05) is 30.5 Å². The van der Waals surface area contributed by atoms with Crippen molar-refractivity contribution in [3.8, 4) is 0 Å². The van der Waals surface area contributed by atoms with Crippen LogP contribution >= 0.6 is 0 Å². The number of imide groups is 1. The molecule has 0 aromatic heterocycles. The molecule has 0 bridgehead atoms. The first-order valence-electron chi connectivity index (χ1n) is 11.6. The summed E-state index contributed by atoms with van der Waals surface area (Å²) in [5.74, 6) is -0.503. The van der Waals surface area contributed by atoms with Gasteiger partial charge in [-0.05, 0) is 43.9 Å². The normalized spacial score (nSPS) is 25.7. The van der Waals surface area contributed by atoms with Gasteiger partial charge in [0.15, 0.2) is 0 Å². The highest BCUT2D eigenvalue weighted by atomic mass is 16.5. The second-order valence-electron chi connectivity index (χ2n) is 8.63. The van der Waals surface area contributed by atoms with E-state index in [1.54, 1.807) is 6.08 Å². The van der Waals surface area contributed by atoms with Crippen molar-refractivity contribution in [2.75, 3.05) is 6.61 Å². The number of unbranched alkanes of at least 4 members (excludes halogenated alkanes) is 3. The number of ether oxygens (including phenoxy) is 1. The number of hydrogen-bond acceptors (Lipinski definition) is 6. The van der Waals surface area contributed by atoms with Gasteiger partial charge in [0.2, 0.25) is 5.91 Å². The van der Waals surface area contributed by atoms with Crippen molar-refractivity contribution in [1.82, 2.24) is 5.32 Å². The molecule has 178 valence electrons. The fourth-order valence-electron chi connectivity index (χ4n) is 3.92. The van der Waals surface area contributed by atoms with Crippen LogP contribution in [0.5, 0.6) is 0 Å². The Bertz CT molecular complexity index is 591. The van der Waals surface area contributed by atoms with Crippen molar-refractivity contribution >= 4 is 12.0 Å². The lowest BCUT2D eigenvalue weighted by Crippen LogP contribution is -2.28. The fourth-order valence-corrected chi connectivity index (χ4v) is 3.92. The van der Waals surface area contributed by atoms with E-state index in [0.717, 1.165) is 32.1 Å². The molecule has 0 aromatic rings. The molecular weight excluding hydrogens is 398 g/mol. The number of aliphatic hydroxyl groups excluding tert-OH is 3. The molecule has 7 heteroatoms. The van der Waals surface area contributed by atoms with E-state index in [0.29, 0.717) is 19.3 Å². The molecule has 1 aliphatic rings. The second kappa shape index (κ2) is 15.2. The Morgan fingerprint density at radius 2 is 1.90 bits per heavy atom. The molecule has 1 aliphatic carbocycles. The Hall–Kier alpha value is -1.70. The van der Waals surface area contributed by atoms with Crippen LogP contribution in [0, 0.1) is 17.8 Å². The molecule has 1 rings (SSSR count). The van der Waals surface area contributed by atoms with Crippen LogP contribution in [0.25, 0.3) is 0 Å². The minimum atomic E-state index is -0.721. The summed E-state index contributed by atoms with van der Waals surface area (Å²) in [5, 5.41) is 33.1. The number of rotatable bonds is 13. The molecule has 0 saturated heterocycles. The lowest BCUT2D eigenvalue weighted by atomic mass is 9.88. The van der Waals surface area contributed by atoms with Gasteiger partial charge < -0.3 is 20.1 Å². The summed E-state index contributed by atoms with van der Waals surface area (Å²) in [7, 11) is 0. The van der Waals surface area contributed by atoms with E-state index in [2.05, 4.69) is 6.92 Å². The van der Waals surface area contributed by atoms with Crippen molar-refractivity contribution < 1.29 is 29.6 Å². The average molecular weight is 440 g/mol. The number of carbonyl (C=O) groups excluding carboxylic acids is 2. The third-order valence-electron chi connectivity index (χ3n) is 5.89. The summed E-state index contributed by atoms with van der Waals surface area (Å²) in [4.78, 5) is 21.9. The number of aliphatic hydroxyl groups is 3. The van der Waals surface area contributed by atoms with Gasteiger partial charge in [0, 0.05) is 19.3 Å². The molecule has 0 aromatic carbocycles. The zero-order valence-electron chi connectivity index (χ0n) is 19.2. The predicted octanol–water partition coefficient (Wildman–Crippen LogP) is 3.48. The van der Waals surface area contributed by atoms with Gasteiger partial charge >= 0.3 is 6.09 Å². The van der Waals surface area contributed by atoms with Crippen molar-refractivity contribution in [1.29, 1.82) is 0 Å². The summed E-state index contributed by atoms with van der Waals surface area (Å²) < 4.78 is 4.88. The summed E-state index contributed by atoms with van der Waals surface area (Å²) >= 11 is 0. The molecule has 1 fully saturated rings. The number of hydrogen-bond donors (Lipinski definition) is 4. The van der Waals surface area contributed by atoms with Crippen molar-refractivity contribution in [3.63, 3.8) is 0 Å². The molecule has 31 heavy (non-hydrogen) atoms. The fraction of sp³-hybridized carbons (Fsp3) is 0.750. The summed E-state index contributed by atoms with van der Waals surface area (Å²) in [6.07, 6.45) is 11.8. The molecular formula is C24H41NO6. The smallest absolute Gasteiger partial charge is 0.413 e. The van der Waals surface area contributed by atoms with Gasteiger partial charge in [-0.3, -0.25) is 10.1 Å². The Morgan fingerprint density at radius 3 is 2.58 bits per heavy atom. The highest BCUT2D eigenvalue weighted by Crippen LogP contribution is 2.36. The number of nitrogens with one attached hydrogen (secondary N) is 1. The minimum Gasteiger partial charge on any atom is -0.449 e. The third kappa shape index (κ3) is 10.9. The van der Waals surface area contributed by atoms with Gasteiger partial charge in [-0.2, -0.15) is 0 Å². The molecule has 6 atom stereocenters. The lowest BCUT2D eigenvalue weighted by Gasteiger charge is -2.21. The highest BCUT2D eigenvalue weighted by molar-refractivity contribution is 5.90. The van der Waals surface area contributed by atoms with Gasteiger partial charge in [0.05, 0.1) is 24.9 Å². The van der Waals surface area contributed by atoms with Crippen LogP contribution in [0.15, 0.2) is 24.3 Å². The molecule has 1 unspecified atom stereocenters. The molecule has 4 N–H and O–H groups in total. The zero-order valence-corrected chi connectivity index (χ0v) is 19.2. The van der Waals surface area contributed by atoms with Crippen LogP contribution in [-0.4, -0.2) is 52.2 Å². The molecule has 0 aliphatic heterocycles. The van der Waals surface area contributed by atoms with Crippen LogP contribution in [0.4, 0.5) is 4.79 Å². The van der Waals surface area contributed by atoms with Crippen LogP contribution in [0.3, 0.4) is 0 Å². The lowest BCUT2D eigenvalue weighted by molar-refractivity contribution is -0.118. The molecule has 1 saturated carbocycles. The van der Waals surface area contributed by atoms with Crippen molar-refractivity contribution in [2.45, 2.75) is 90.4 Å². The van der Waals surface area contributed by atoms with Gasteiger partial charge in [-0.25, -0.2) is 4.79 Å². The van der Waals surface area contributed by atoms with Crippen LogP contribution in [0.2, 0.25) is 0 Å².